The fourth-order valence-electron chi connectivity index (χ4n) is 2.79. The first-order chi connectivity index (χ1) is 13.2. The van der Waals surface area contributed by atoms with Crippen LogP contribution in [0.25, 0.3) is 0 Å². The third-order valence-electron chi connectivity index (χ3n) is 4.66. The third kappa shape index (κ3) is 4.30. The van der Waals surface area contributed by atoms with Crippen LogP contribution in [0.1, 0.15) is 44.9 Å². The van der Waals surface area contributed by atoms with Crippen LogP contribution in [0.2, 0.25) is 0 Å². The Morgan fingerprint density at radius 2 is 0.933 bits per heavy atom. The van der Waals surface area contributed by atoms with Crippen molar-refractivity contribution in [2.45, 2.75) is 86.8 Å². The highest BCUT2D eigenvalue weighted by molar-refractivity contribution is 5.85. The minimum atomic E-state index is -8.01. The van der Waals surface area contributed by atoms with Crippen molar-refractivity contribution in [3.8, 4) is 0 Å². The van der Waals surface area contributed by atoms with Gasteiger partial charge in [0, 0.05) is 6.04 Å². The zero-order valence-electron chi connectivity index (χ0n) is 14.8. The fourth-order valence-corrected chi connectivity index (χ4v) is 2.79. The maximum absolute atomic E-state index is 13.7. The summed E-state index contributed by atoms with van der Waals surface area (Å²) in [7, 11) is 0. The number of hydrogen-bond acceptors (Lipinski definition) is 1. The van der Waals surface area contributed by atoms with Gasteiger partial charge in [-0.3, -0.25) is 4.79 Å². The summed E-state index contributed by atoms with van der Waals surface area (Å²) in [5.74, 6) is -41.3. The lowest BCUT2D eigenvalue weighted by Gasteiger charge is -2.39. The topological polar surface area (TPSA) is 29.1 Å². The number of alkyl halides is 13. The maximum atomic E-state index is 13.7. The Balaban J connectivity index is 3.22. The zero-order valence-corrected chi connectivity index (χ0v) is 14.8. The van der Waals surface area contributed by atoms with Gasteiger partial charge >= 0.3 is 35.8 Å². The van der Waals surface area contributed by atoms with E-state index in [0.29, 0.717) is 25.7 Å². The Bertz CT molecular complexity index is 606. The molecule has 0 aromatic rings. The number of carbonyl (C=O) groups excluding carboxylic acids is 1. The van der Waals surface area contributed by atoms with Gasteiger partial charge in [0.05, 0.1) is 0 Å². The van der Waals surface area contributed by atoms with Crippen LogP contribution in [0, 0.1) is 0 Å². The molecule has 0 aliphatic heterocycles. The minimum absolute atomic E-state index is 0.0495. The lowest BCUT2D eigenvalue weighted by molar-refractivity contribution is -0.436. The van der Waals surface area contributed by atoms with Crippen LogP contribution < -0.4 is 5.32 Å². The van der Waals surface area contributed by atoms with Crippen molar-refractivity contribution in [3.05, 3.63) is 0 Å². The second-order valence-electron chi connectivity index (χ2n) is 6.89. The highest BCUT2D eigenvalue weighted by Gasteiger charge is 2.91. The average Bonchev–Trinajstić information content (AvgIpc) is 2.55. The monoisotopic (exact) mass is 473 g/mol. The lowest BCUT2D eigenvalue weighted by Crippen LogP contribution is -2.72. The number of halogens is 13. The van der Waals surface area contributed by atoms with Gasteiger partial charge in [-0.25, -0.2) is 0 Å². The van der Waals surface area contributed by atoms with Crippen molar-refractivity contribution in [1.29, 1.82) is 0 Å². The van der Waals surface area contributed by atoms with Gasteiger partial charge < -0.3 is 5.32 Å². The SMILES string of the molecule is O=C(NC1CCCCCCC1)C(F)(F)C(F)(F)C(F)(F)C(F)(F)C(F)(F)C(F)(F)F. The molecule has 0 saturated heterocycles. The van der Waals surface area contributed by atoms with Gasteiger partial charge in [0.1, 0.15) is 0 Å². The first-order valence-corrected chi connectivity index (χ1v) is 8.52. The number of nitrogens with one attached hydrogen (secondary N) is 1. The van der Waals surface area contributed by atoms with Gasteiger partial charge in [0.25, 0.3) is 5.91 Å². The van der Waals surface area contributed by atoms with E-state index in [1.807, 2.05) is 0 Å². The number of carbonyl (C=O) groups is 1. The molecule has 1 amide bonds. The summed E-state index contributed by atoms with van der Waals surface area (Å²) in [6, 6.07) is -1.23. The fraction of sp³-hybridized carbons (Fsp3) is 0.933. The first kappa shape index (κ1) is 26.6. The van der Waals surface area contributed by atoms with Crippen molar-refractivity contribution in [1.82, 2.24) is 5.32 Å². The summed E-state index contributed by atoms with van der Waals surface area (Å²) in [4.78, 5) is 11.5. The molecule has 0 unspecified atom stereocenters. The summed E-state index contributed by atoms with van der Waals surface area (Å²) in [6.45, 7) is 0. The summed E-state index contributed by atoms with van der Waals surface area (Å²) >= 11 is 0. The van der Waals surface area contributed by atoms with Gasteiger partial charge in [-0.15, -0.1) is 0 Å². The molecular formula is C15H16F13NO. The van der Waals surface area contributed by atoms with E-state index in [0.717, 1.165) is 6.42 Å². The standard InChI is InChI=1S/C15H16F13NO/c16-10(17,9(30)29-8-6-4-2-1-3-5-7-8)11(18,19)12(20,21)13(22,23)14(24,25)15(26,27)28/h8H,1-7H2,(H,29,30). The largest absolute Gasteiger partial charge is 0.460 e. The number of hydrogen-bond donors (Lipinski definition) is 1. The first-order valence-electron chi connectivity index (χ1n) is 8.52. The Hall–Kier alpha value is -1.44. The highest BCUT2D eigenvalue weighted by Crippen LogP contribution is 2.60. The lowest BCUT2D eigenvalue weighted by atomic mass is 9.92. The van der Waals surface area contributed by atoms with Crippen LogP contribution in [0.4, 0.5) is 57.1 Å². The summed E-state index contributed by atoms with van der Waals surface area (Å²) < 4.78 is 169. The van der Waals surface area contributed by atoms with Crippen LogP contribution in [0.3, 0.4) is 0 Å². The van der Waals surface area contributed by atoms with Crippen molar-refractivity contribution in [2.75, 3.05) is 0 Å². The molecule has 0 aromatic carbocycles. The van der Waals surface area contributed by atoms with Gasteiger partial charge in [0.2, 0.25) is 0 Å². The average molecular weight is 473 g/mol. The van der Waals surface area contributed by atoms with E-state index in [4.69, 9.17) is 0 Å². The Morgan fingerprint density at radius 1 is 0.567 bits per heavy atom. The normalized spacial score (nSPS) is 19.2. The van der Waals surface area contributed by atoms with Gasteiger partial charge in [-0.05, 0) is 12.8 Å². The van der Waals surface area contributed by atoms with Crippen LogP contribution in [0.5, 0.6) is 0 Å². The smallest absolute Gasteiger partial charge is 0.348 e. The molecule has 1 saturated carbocycles. The second-order valence-corrected chi connectivity index (χ2v) is 6.89. The molecule has 2 nitrogen and oxygen atoms in total. The van der Waals surface area contributed by atoms with Crippen LogP contribution >= 0.6 is 0 Å². The molecule has 1 rings (SSSR count). The third-order valence-corrected chi connectivity index (χ3v) is 4.66. The maximum Gasteiger partial charge on any atom is 0.460 e. The number of rotatable bonds is 6. The van der Waals surface area contributed by atoms with Crippen molar-refractivity contribution < 1.29 is 61.9 Å². The molecule has 1 N–H and O–H groups in total. The van der Waals surface area contributed by atoms with Crippen LogP contribution in [-0.2, 0) is 4.79 Å². The van der Waals surface area contributed by atoms with Crippen molar-refractivity contribution >= 4 is 5.91 Å². The van der Waals surface area contributed by atoms with Gasteiger partial charge in [0.15, 0.2) is 0 Å². The molecular weight excluding hydrogens is 457 g/mol. The van der Waals surface area contributed by atoms with E-state index in [1.54, 1.807) is 0 Å². The summed E-state index contributed by atoms with van der Waals surface area (Å²) in [5.41, 5.74) is 0. The van der Waals surface area contributed by atoms with E-state index in [2.05, 4.69) is 0 Å². The molecule has 0 aromatic heterocycles. The molecule has 0 heterocycles. The zero-order chi connectivity index (χ0) is 23.8. The quantitative estimate of drug-likeness (QED) is 0.475. The highest BCUT2D eigenvalue weighted by atomic mass is 19.4. The molecule has 0 bridgehead atoms. The summed E-state index contributed by atoms with van der Waals surface area (Å²) in [5, 5.41) is 1.27. The predicted molar refractivity (Wildman–Crippen MR) is 75.0 cm³/mol. The molecule has 15 heteroatoms. The summed E-state index contributed by atoms with van der Waals surface area (Å²) in [6.07, 6.45) is -5.07. The van der Waals surface area contributed by atoms with E-state index in [1.165, 1.54) is 5.32 Å². The number of amides is 1. The van der Waals surface area contributed by atoms with E-state index in [9.17, 15) is 61.9 Å². The van der Waals surface area contributed by atoms with Crippen LogP contribution in [0.15, 0.2) is 0 Å². The minimum Gasteiger partial charge on any atom is -0.348 e. The van der Waals surface area contributed by atoms with E-state index >= 15 is 0 Å². The molecule has 0 radical (unpaired) electrons. The van der Waals surface area contributed by atoms with Crippen molar-refractivity contribution in [3.63, 3.8) is 0 Å². The molecule has 1 aliphatic rings. The van der Waals surface area contributed by atoms with E-state index < -0.39 is 47.7 Å². The Morgan fingerprint density at radius 3 is 1.33 bits per heavy atom. The van der Waals surface area contributed by atoms with Gasteiger partial charge in [-0.2, -0.15) is 57.1 Å². The van der Waals surface area contributed by atoms with E-state index in [-0.39, 0.29) is 12.8 Å². The molecule has 0 spiro atoms. The molecule has 178 valence electrons. The second kappa shape index (κ2) is 8.24. The molecule has 1 aliphatic carbocycles. The molecule has 0 atom stereocenters. The predicted octanol–water partition coefficient (Wildman–Crippen LogP) is 5.95. The Labute approximate surface area is 161 Å². The molecule has 30 heavy (non-hydrogen) atoms. The van der Waals surface area contributed by atoms with Crippen LogP contribution in [-0.4, -0.2) is 47.7 Å². The van der Waals surface area contributed by atoms with Gasteiger partial charge in [-0.1, -0.05) is 32.1 Å². The Kier molecular flexibility index (Phi) is 7.31. The van der Waals surface area contributed by atoms with Crippen molar-refractivity contribution in [2.24, 2.45) is 0 Å². The molecule has 1 fully saturated rings.